The van der Waals surface area contributed by atoms with Crippen molar-refractivity contribution in [3.8, 4) is 0 Å². The van der Waals surface area contributed by atoms with Crippen molar-refractivity contribution in [3.05, 3.63) is 57.2 Å². The van der Waals surface area contributed by atoms with Crippen LogP contribution in [0.5, 0.6) is 0 Å². The van der Waals surface area contributed by atoms with Crippen LogP contribution in [0.15, 0.2) is 35.3 Å². The number of halogens is 1. The quantitative estimate of drug-likeness (QED) is 0.945. The van der Waals surface area contributed by atoms with Crippen LogP contribution in [-0.4, -0.2) is 15.5 Å². The summed E-state index contributed by atoms with van der Waals surface area (Å²) in [5, 5.41) is 3.22. The highest BCUT2D eigenvalue weighted by Crippen LogP contribution is 2.14. The van der Waals surface area contributed by atoms with E-state index >= 15 is 0 Å². The number of rotatable bonds is 3. The number of carbonyl (C=O) groups is 1. The lowest BCUT2D eigenvalue weighted by molar-refractivity contribution is 0.102. The Labute approximate surface area is 121 Å². The number of aromatic nitrogens is 2. The third kappa shape index (κ3) is 3.05. The molecule has 1 amide bonds. The van der Waals surface area contributed by atoms with Gasteiger partial charge in [-0.2, -0.15) is 0 Å². The van der Waals surface area contributed by atoms with Gasteiger partial charge in [-0.25, -0.2) is 4.98 Å². The molecule has 2 rings (SSSR count). The molecule has 0 radical (unpaired) electrons. The fraction of sp³-hybridized carbons (Fsp3) is 0.214. The van der Waals surface area contributed by atoms with Crippen LogP contribution in [-0.2, 0) is 6.54 Å². The molecule has 0 saturated carbocycles. The molecule has 0 unspecified atom stereocenters. The average Bonchev–Trinajstić information content (AvgIpc) is 2.43. The number of aryl methyl sites for hydroxylation is 2. The van der Waals surface area contributed by atoms with Gasteiger partial charge in [-0.3, -0.25) is 9.59 Å². The van der Waals surface area contributed by atoms with Crippen molar-refractivity contribution in [2.45, 2.75) is 20.4 Å². The second-order valence-electron chi connectivity index (χ2n) is 4.26. The first-order chi connectivity index (χ1) is 9.51. The summed E-state index contributed by atoms with van der Waals surface area (Å²) >= 11 is 5.87. The lowest BCUT2D eigenvalue weighted by Crippen LogP contribution is -2.20. The van der Waals surface area contributed by atoms with Gasteiger partial charge >= 0.3 is 0 Å². The molecule has 6 heteroatoms. The van der Waals surface area contributed by atoms with Gasteiger partial charge in [0.15, 0.2) is 0 Å². The molecule has 20 heavy (non-hydrogen) atoms. The average molecular weight is 292 g/mol. The number of amides is 1. The Morgan fingerprint density at radius 1 is 1.35 bits per heavy atom. The highest BCUT2D eigenvalue weighted by Gasteiger charge is 2.09. The molecule has 2 heterocycles. The molecule has 0 aromatic carbocycles. The van der Waals surface area contributed by atoms with E-state index in [1.807, 2.05) is 6.92 Å². The molecule has 2 aromatic rings. The molecule has 2 aromatic heterocycles. The Balaban J connectivity index is 2.23. The monoisotopic (exact) mass is 291 g/mol. The standard InChI is InChI=1S/C14H14ClN3O2/c1-3-18-8-10(4-7-13(18)19)17-14(20)12-6-5-11(15)9(2)16-12/h4-8H,3H2,1-2H3,(H,17,20). The summed E-state index contributed by atoms with van der Waals surface area (Å²) in [4.78, 5) is 27.6. The summed E-state index contributed by atoms with van der Waals surface area (Å²) in [5.74, 6) is -0.342. The van der Waals surface area contributed by atoms with E-state index in [4.69, 9.17) is 11.6 Å². The Hall–Kier alpha value is -2.14. The molecular weight excluding hydrogens is 278 g/mol. The second kappa shape index (κ2) is 5.88. The van der Waals surface area contributed by atoms with Gasteiger partial charge in [0, 0.05) is 18.8 Å². The predicted octanol–water partition coefficient (Wildman–Crippen LogP) is 2.48. The number of anilines is 1. The van der Waals surface area contributed by atoms with Gasteiger partial charge in [0.1, 0.15) is 5.69 Å². The van der Waals surface area contributed by atoms with Crippen molar-refractivity contribution in [1.29, 1.82) is 0 Å². The van der Waals surface area contributed by atoms with Gasteiger partial charge in [0.2, 0.25) is 0 Å². The molecule has 5 nitrogen and oxygen atoms in total. The molecular formula is C14H14ClN3O2. The maximum atomic E-state index is 12.1. The molecule has 0 saturated heterocycles. The van der Waals surface area contributed by atoms with E-state index in [0.29, 0.717) is 22.9 Å². The summed E-state index contributed by atoms with van der Waals surface area (Å²) in [7, 11) is 0. The largest absolute Gasteiger partial charge is 0.319 e. The minimum atomic E-state index is -0.342. The first-order valence-corrected chi connectivity index (χ1v) is 6.54. The van der Waals surface area contributed by atoms with Gasteiger partial charge < -0.3 is 9.88 Å². The molecule has 0 aliphatic heterocycles. The molecule has 0 spiro atoms. The van der Waals surface area contributed by atoms with Crippen molar-refractivity contribution in [2.75, 3.05) is 5.32 Å². The molecule has 1 N–H and O–H groups in total. The zero-order valence-electron chi connectivity index (χ0n) is 11.2. The summed E-state index contributed by atoms with van der Waals surface area (Å²) in [6.07, 6.45) is 1.60. The second-order valence-corrected chi connectivity index (χ2v) is 4.67. The van der Waals surface area contributed by atoms with Crippen LogP contribution in [0, 0.1) is 6.92 Å². The maximum Gasteiger partial charge on any atom is 0.274 e. The molecule has 0 aliphatic carbocycles. The highest BCUT2D eigenvalue weighted by molar-refractivity contribution is 6.31. The Morgan fingerprint density at radius 3 is 2.75 bits per heavy atom. The van der Waals surface area contributed by atoms with Gasteiger partial charge in [0.05, 0.1) is 16.4 Å². The SMILES string of the molecule is CCn1cc(NC(=O)c2ccc(Cl)c(C)n2)ccc1=O. The van der Waals surface area contributed by atoms with Crippen molar-refractivity contribution >= 4 is 23.2 Å². The molecule has 104 valence electrons. The molecule has 0 atom stereocenters. The molecule has 0 aliphatic rings. The van der Waals surface area contributed by atoms with E-state index in [-0.39, 0.29) is 17.2 Å². The number of hydrogen-bond donors (Lipinski definition) is 1. The van der Waals surface area contributed by atoms with Gasteiger partial charge in [-0.05, 0) is 32.0 Å². The van der Waals surface area contributed by atoms with Crippen molar-refractivity contribution in [1.82, 2.24) is 9.55 Å². The van der Waals surface area contributed by atoms with E-state index < -0.39 is 0 Å². The minimum absolute atomic E-state index is 0.106. The summed E-state index contributed by atoms with van der Waals surface area (Å²) in [6, 6.07) is 6.17. The number of nitrogens with zero attached hydrogens (tertiary/aromatic N) is 2. The zero-order chi connectivity index (χ0) is 14.7. The summed E-state index contributed by atoms with van der Waals surface area (Å²) < 4.78 is 1.51. The third-order valence-corrected chi connectivity index (χ3v) is 3.24. The number of pyridine rings is 2. The molecule has 0 fully saturated rings. The fourth-order valence-electron chi connectivity index (χ4n) is 1.72. The summed E-state index contributed by atoms with van der Waals surface area (Å²) in [5.41, 5.74) is 1.32. The van der Waals surface area contributed by atoms with E-state index in [0.717, 1.165) is 0 Å². The lowest BCUT2D eigenvalue weighted by atomic mass is 10.3. The maximum absolute atomic E-state index is 12.1. The van der Waals surface area contributed by atoms with Crippen LogP contribution < -0.4 is 10.9 Å². The summed E-state index contributed by atoms with van der Waals surface area (Å²) in [6.45, 7) is 4.13. The molecule has 0 bridgehead atoms. The Kier molecular flexibility index (Phi) is 4.20. The zero-order valence-corrected chi connectivity index (χ0v) is 11.9. The van der Waals surface area contributed by atoms with Crippen LogP contribution in [0.3, 0.4) is 0 Å². The van der Waals surface area contributed by atoms with E-state index in [2.05, 4.69) is 10.3 Å². The van der Waals surface area contributed by atoms with Crippen molar-refractivity contribution in [2.24, 2.45) is 0 Å². The normalized spacial score (nSPS) is 10.3. The van der Waals surface area contributed by atoms with Gasteiger partial charge in [-0.15, -0.1) is 0 Å². The first kappa shape index (κ1) is 14.3. The van der Waals surface area contributed by atoms with E-state index in [1.54, 1.807) is 31.3 Å². The lowest BCUT2D eigenvalue weighted by Gasteiger charge is -2.08. The smallest absolute Gasteiger partial charge is 0.274 e. The van der Waals surface area contributed by atoms with Crippen LogP contribution in [0.1, 0.15) is 23.1 Å². The topological polar surface area (TPSA) is 64.0 Å². The van der Waals surface area contributed by atoms with Crippen LogP contribution >= 0.6 is 11.6 Å². The van der Waals surface area contributed by atoms with Crippen molar-refractivity contribution < 1.29 is 4.79 Å². The van der Waals surface area contributed by atoms with E-state index in [9.17, 15) is 9.59 Å². The fourth-order valence-corrected chi connectivity index (χ4v) is 1.82. The van der Waals surface area contributed by atoms with Crippen molar-refractivity contribution in [3.63, 3.8) is 0 Å². The van der Waals surface area contributed by atoms with E-state index in [1.165, 1.54) is 10.6 Å². The Bertz CT molecular complexity index is 710. The van der Waals surface area contributed by atoms with Crippen LogP contribution in [0.4, 0.5) is 5.69 Å². The van der Waals surface area contributed by atoms with Crippen LogP contribution in [0.25, 0.3) is 0 Å². The highest BCUT2D eigenvalue weighted by atomic mass is 35.5. The van der Waals surface area contributed by atoms with Crippen LogP contribution in [0.2, 0.25) is 5.02 Å². The third-order valence-electron chi connectivity index (χ3n) is 2.84. The predicted molar refractivity (Wildman–Crippen MR) is 78.3 cm³/mol. The minimum Gasteiger partial charge on any atom is -0.319 e. The van der Waals surface area contributed by atoms with Gasteiger partial charge in [-0.1, -0.05) is 11.6 Å². The number of carbonyl (C=O) groups excluding carboxylic acids is 1. The van der Waals surface area contributed by atoms with Gasteiger partial charge in [0.25, 0.3) is 11.5 Å². The first-order valence-electron chi connectivity index (χ1n) is 6.16. The number of nitrogens with one attached hydrogen (secondary N) is 1. The number of hydrogen-bond acceptors (Lipinski definition) is 3. The Morgan fingerprint density at radius 2 is 2.10 bits per heavy atom.